The zero-order chi connectivity index (χ0) is 14.4. The van der Waals surface area contributed by atoms with E-state index in [4.69, 9.17) is 0 Å². The Morgan fingerprint density at radius 3 is 2.90 bits per heavy atom. The predicted molar refractivity (Wildman–Crippen MR) is 76.8 cm³/mol. The molecule has 0 bridgehead atoms. The van der Waals surface area contributed by atoms with Crippen LogP contribution in [0.15, 0.2) is 30.9 Å². The lowest BCUT2D eigenvalue weighted by Gasteiger charge is -2.19. The van der Waals surface area contributed by atoms with E-state index in [0.717, 1.165) is 25.8 Å². The molecule has 1 unspecified atom stereocenters. The third kappa shape index (κ3) is 3.87. The van der Waals surface area contributed by atoms with Crippen LogP contribution in [0.5, 0.6) is 0 Å². The van der Waals surface area contributed by atoms with Crippen LogP contribution in [0.2, 0.25) is 0 Å². The number of pyridine rings is 1. The molecule has 0 fully saturated rings. The summed E-state index contributed by atoms with van der Waals surface area (Å²) in [5.41, 5.74) is 1.86. The van der Waals surface area contributed by atoms with E-state index in [1.807, 2.05) is 19.4 Å². The van der Waals surface area contributed by atoms with Gasteiger partial charge in [0.05, 0.1) is 12.4 Å². The van der Waals surface area contributed by atoms with Crippen molar-refractivity contribution in [1.82, 2.24) is 20.1 Å². The molecule has 2 rings (SSSR count). The van der Waals surface area contributed by atoms with Crippen LogP contribution in [0.1, 0.15) is 36.9 Å². The molecule has 0 aromatic carbocycles. The standard InChI is InChI=1S/C15H21FN4/c1-3-7-18-15(13-6-8-17-10-14(13)16)5-4-12-9-19-20(2)11-12/h6,8-11,15,18H,3-5,7H2,1-2H3. The lowest BCUT2D eigenvalue weighted by Crippen LogP contribution is -2.23. The Hall–Kier alpha value is -1.75. The number of hydrogen-bond acceptors (Lipinski definition) is 3. The Balaban J connectivity index is 2.05. The number of hydrogen-bond donors (Lipinski definition) is 1. The number of aromatic nitrogens is 3. The van der Waals surface area contributed by atoms with Crippen molar-refractivity contribution >= 4 is 0 Å². The second-order valence-corrected chi connectivity index (χ2v) is 4.96. The van der Waals surface area contributed by atoms with Crippen LogP contribution >= 0.6 is 0 Å². The summed E-state index contributed by atoms with van der Waals surface area (Å²) in [6, 6.07) is 1.77. The summed E-state index contributed by atoms with van der Waals surface area (Å²) in [6.07, 6.45) is 9.52. The molecule has 0 amide bonds. The summed E-state index contributed by atoms with van der Waals surface area (Å²) in [5, 5.41) is 7.57. The van der Waals surface area contributed by atoms with Crippen molar-refractivity contribution in [1.29, 1.82) is 0 Å². The molecule has 0 saturated carbocycles. The van der Waals surface area contributed by atoms with Gasteiger partial charge in [0.25, 0.3) is 0 Å². The predicted octanol–water partition coefficient (Wildman–Crippen LogP) is 2.63. The Morgan fingerprint density at radius 2 is 2.25 bits per heavy atom. The molecular formula is C15H21FN4. The zero-order valence-electron chi connectivity index (χ0n) is 12.0. The maximum atomic E-state index is 13.9. The Labute approximate surface area is 119 Å². The van der Waals surface area contributed by atoms with E-state index in [-0.39, 0.29) is 11.9 Å². The molecule has 0 radical (unpaired) electrons. The number of rotatable bonds is 7. The summed E-state index contributed by atoms with van der Waals surface area (Å²) in [6.45, 7) is 2.98. The van der Waals surface area contributed by atoms with Gasteiger partial charge in [0.15, 0.2) is 0 Å². The molecule has 1 atom stereocenters. The zero-order valence-corrected chi connectivity index (χ0v) is 12.0. The van der Waals surface area contributed by atoms with Crippen molar-refractivity contribution in [3.05, 3.63) is 47.8 Å². The van der Waals surface area contributed by atoms with Gasteiger partial charge in [0.1, 0.15) is 5.82 Å². The van der Waals surface area contributed by atoms with Gasteiger partial charge in [-0.2, -0.15) is 5.10 Å². The fourth-order valence-electron chi connectivity index (χ4n) is 2.27. The van der Waals surface area contributed by atoms with Gasteiger partial charge in [-0.1, -0.05) is 6.92 Å². The first-order chi connectivity index (χ1) is 9.70. The molecule has 2 heterocycles. The Kier molecular flexibility index (Phi) is 5.24. The van der Waals surface area contributed by atoms with Gasteiger partial charge in [-0.25, -0.2) is 4.39 Å². The molecule has 5 heteroatoms. The topological polar surface area (TPSA) is 42.7 Å². The Bertz CT molecular complexity index is 538. The number of aryl methyl sites for hydroxylation is 2. The van der Waals surface area contributed by atoms with Crippen LogP contribution in [-0.2, 0) is 13.5 Å². The minimum Gasteiger partial charge on any atom is -0.310 e. The molecule has 20 heavy (non-hydrogen) atoms. The number of nitrogens with zero attached hydrogens (tertiary/aromatic N) is 3. The van der Waals surface area contributed by atoms with Crippen LogP contribution in [0.3, 0.4) is 0 Å². The first kappa shape index (κ1) is 14.7. The third-order valence-corrected chi connectivity index (χ3v) is 3.30. The van der Waals surface area contributed by atoms with E-state index in [9.17, 15) is 4.39 Å². The van der Waals surface area contributed by atoms with Crippen molar-refractivity contribution in [2.75, 3.05) is 6.54 Å². The second-order valence-electron chi connectivity index (χ2n) is 4.96. The van der Waals surface area contributed by atoms with Crippen molar-refractivity contribution in [2.45, 2.75) is 32.2 Å². The van der Waals surface area contributed by atoms with E-state index in [2.05, 4.69) is 22.3 Å². The van der Waals surface area contributed by atoms with Gasteiger partial charge in [0, 0.05) is 31.0 Å². The largest absolute Gasteiger partial charge is 0.310 e. The SMILES string of the molecule is CCCNC(CCc1cnn(C)c1)c1ccncc1F. The summed E-state index contributed by atoms with van der Waals surface area (Å²) < 4.78 is 15.7. The average molecular weight is 276 g/mol. The van der Waals surface area contributed by atoms with E-state index < -0.39 is 0 Å². The second kappa shape index (κ2) is 7.14. The molecular weight excluding hydrogens is 255 g/mol. The number of nitrogens with one attached hydrogen (secondary N) is 1. The normalized spacial score (nSPS) is 12.6. The monoisotopic (exact) mass is 276 g/mol. The summed E-state index contributed by atoms with van der Waals surface area (Å²) in [7, 11) is 1.90. The van der Waals surface area contributed by atoms with E-state index >= 15 is 0 Å². The molecule has 4 nitrogen and oxygen atoms in total. The summed E-state index contributed by atoms with van der Waals surface area (Å²) >= 11 is 0. The van der Waals surface area contributed by atoms with Crippen LogP contribution < -0.4 is 5.32 Å². The van der Waals surface area contributed by atoms with Gasteiger partial charge in [0.2, 0.25) is 0 Å². The molecule has 0 saturated heterocycles. The molecule has 0 aliphatic heterocycles. The van der Waals surface area contributed by atoms with Gasteiger partial charge in [-0.15, -0.1) is 0 Å². The van der Waals surface area contributed by atoms with Gasteiger partial charge < -0.3 is 5.32 Å². The van der Waals surface area contributed by atoms with Gasteiger partial charge >= 0.3 is 0 Å². The fraction of sp³-hybridized carbons (Fsp3) is 0.467. The molecule has 0 aliphatic carbocycles. The van der Waals surface area contributed by atoms with Crippen LogP contribution in [0.4, 0.5) is 4.39 Å². The van der Waals surface area contributed by atoms with E-state index in [1.54, 1.807) is 16.9 Å². The van der Waals surface area contributed by atoms with Crippen molar-refractivity contribution in [3.63, 3.8) is 0 Å². The fourth-order valence-corrected chi connectivity index (χ4v) is 2.27. The van der Waals surface area contributed by atoms with Crippen molar-refractivity contribution in [3.8, 4) is 0 Å². The highest BCUT2D eigenvalue weighted by Crippen LogP contribution is 2.21. The number of halogens is 1. The lowest BCUT2D eigenvalue weighted by molar-refractivity contribution is 0.472. The van der Waals surface area contributed by atoms with Crippen LogP contribution in [0.25, 0.3) is 0 Å². The molecule has 0 aliphatic rings. The average Bonchev–Trinajstić information content (AvgIpc) is 2.86. The van der Waals surface area contributed by atoms with Gasteiger partial charge in [-0.05, 0) is 37.4 Å². The summed E-state index contributed by atoms with van der Waals surface area (Å²) in [5.74, 6) is -0.243. The third-order valence-electron chi connectivity index (χ3n) is 3.30. The Morgan fingerprint density at radius 1 is 1.40 bits per heavy atom. The van der Waals surface area contributed by atoms with Crippen LogP contribution in [0, 0.1) is 5.82 Å². The van der Waals surface area contributed by atoms with Gasteiger partial charge in [-0.3, -0.25) is 9.67 Å². The molecule has 2 aromatic heterocycles. The lowest BCUT2D eigenvalue weighted by atomic mass is 10.0. The maximum Gasteiger partial charge on any atom is 0.146 e. The van der Waals surface area contributed by atoms with Crippen LogP contribution in [-0.4, -0.2) is 21.3 Å². The maximum absolute atomic E-state index is 13.9. The highest BCUT2D eigenvalue weighted by atomic mass is 19.1. The van der Waals surface area contributed by atoms with Crippen molar-refractivity contribution in [2.24, 2.45) is 7.05 Å². The first-order valence-electron chi connectivity index (χ1n) is 7.01. The molecule has 0 spiro atoms. The van der Waals surface area contributed by atoms with E-state index in [1.165, 1.54) is 11.8 Å². The molecule has 1 N–H and O–H groups in total. The quantitative estimate of drug-likeness (QED) is 0.845. The molecule has 108 valence electrons. The van der Waals surface area contributed by atoms with Crippen molar-refractivity contribution < 1.29 is 4.39 Å². The minimum absolute atomic E-state index is 0.0122. The first-order valence-corrected chi connectivity index (χ1v) is 7.01. The molecule has 2 aromatic rings. The summed E-state index contributed by atoms with van der Waals surface area (Å²) in [4.78, 5) is 3.81. The highest BCUT2D eigenvalue weighted by Gasteiger charge is 2.15. The smallest absolute Gasteiger partial charge is 0.146 e. The highest BCUT2D eigenvalue weighted by molar-refractivity contribution is 5.18. The minimum atomic E-state index is -0.243. The van der Waals surface area contributed by atoms with E-state index in [0.29, 0.717) is 5.56 Å².